The lowest BCUT2D eigenvalue weighted by molar-refractivity contribution is -0.0334. The monoisotopic (exact) mass is 278 g/mol. The van der Waals surface area contributed by atoms with E-state index in [0.717, 1.165) is 16.7 Å². The molecule has 12 heavy (non-hydrogen) atoms. The van der Waals surface area contributed by atoms with Crippen LogP contribution in [0.5, 0.6) is 0 Å². The third-order valence-corrected chi connectivity index (χ3v) is 2.92. The first-order valence-electron chi connectivity index (χ1n) is 4.17. The Bertz CT molecular complexity index is 255. The molecule has 0 N–H and O–H groups in total. The van der Waals surface area contributed by atoms with Crippen LogP contribution in [0.15, 0.2) is 12.5 Å². The minimum absolute atomic E-state index is 0.230. The molecule has 1 atom stereocenters. The molecule has 2 rings (SSSR count). The predicted octanol–water partition coefficient (Wildman–Crippen LogP) is 2.19. The maximum Gasteiger partial charge on any atom is 0.135 e. The van der Waals surface area contributed by atoms with Crippen molar-refractivity contribution in [1.82, 2.24) is 9.55 Å². The van der Waals surface area contributed by atoms with E-state index >= 15 is 0 Å². The standard InChI is InChI=1S/C8H11IN2O/c9-7-5-10-6-11(7)8-3-1-2-4-12-8/h5-6,8H,1-4H2. The van der Waals surface area contributed by atoms with Gasteiger partial charge in [-0.05, 0) is 41.9 Å². The highest BCUT2D eigenvalue weighted by Crippen LogP contribution is 2.23. The molecule has 2 heterocycles. The van der Waals surface area contributed by atoms with Gasteiger partial charge in [-0.15, -0.1) is 0 Å². The topological polar surface area (TPSA) is 27.1 Å². The Kier molecular flexibility index (Phi) is 2.65. The van der Waals surface area contributed by atoms with Crippen LogP contribution in [0.4, 0.5) is 0 Å². The van der Waals surface area contributed by atoms with Gasteiger partial charge >= 0.3 is 0 Å². The van der Waals surface area contributed by atoms with Gasteiger partial charge in [0.05, 0.1) is 12.5 Å². The van der Waals surface area contributed by atoms with Gasteiger partial charge in [-0.25, -0.2) is 4.98 Å². The zero-order valence-electron chi connectivity index (χ0n) is 6.74. The van der Waals surface area contributed by atoms with Crippen LogP contribution >= 0.6 is 22.6 Å². The van der Waals surface area contributed by atoms with E-state index in [1.807, 2.05) is 12.5 Å². The summed E-state index contributed by atoms with van der Waals surface area (Å²) >= 11 is 2.28. The minimum Gasteiger partial charge on any atom is -0.358 e. The molecule has 3 nitrogen and oxygen atoms in total. The molecule has 0 aliphatic carbocycles. The summed E-state index contributed by atoms with van der Waals surface area (Å²) in [7, 11) is 0. The number of rotatable bonds is 1. The fourth-order valence-electron chi connectivity index (χ4n) is 1.44. The summed E-state index contributed by atoms with van der Waals surface area (Å²) in [5, 5.41) is 0. The van der Waals surface area contributed by atoms with Crippen LogP contribution in [-0.4, -0.2) is 16.2 Å². The number of halogens is 1. The smallest absolute Gasteiger partial charge is 0.135 e. The van der Waals surface area contributed by atoms with Crippen molar-refractivity contribution in [3.63, 3.8) is 0 Å². The van der Waals surface area contributed by atoms with Crippen molar-refractivity contribution in [2.24, 2.45) is 0 Å². The van der Waals surface area contributed by atoms with Crippen molar-refractivity contribution in [3.8, 4) is 0 Å². The summed E-state index contributed by atoms with van der Waals surface area (Å²) in [6.45, 7) is 0.888. The lowest BCUT2D eigenvalue weighted by atomic mass is 10.2. The highest BCUT2D eigenvalue weighted by atomic mass is 127. The van der Waals surface area contributed by atoms with Gasteiger partial charge < -0.3 is 4.74 Å². The molecule has 0 aromatic carbocycles. The van der Waals surface area contributed by atoms with Gasteiger partial charge in [-0.1, -0.05) is 0 Å². The average Bonchev–Trinajstić information content (AvgIpc) is 2.53. The SMILES string of the molecule is Ic1cncn1C1CCCCO1. The third-order valence-electron chi connectivity index (χ3n) is 2.08. The number of imidazole rings is 1. The third kappa shape index (κ3) is 1.64. The molecule has 0 bridgehead atoms. The normalized spacial score (nSPS) is 24.2. The Morgan fingerprint density at radius 1 is 1.58 bits per heavy atom. The molecule has 0 spiro atoms. The first-order valence-corrected chi connectivity index (χ1v) is 5.25. The Hall–Kier alpha value is -0.100. The number of nitrogens with zero attached hydrogens (tertiary/aromatic N) is 2. The van der Waals surface area contributed by atoms with Gasteiger partial charge in [-0.3, -0.25) is 4.57 Å². The van der Waals surface area contributed by atoms with E-state index in [0.29, 0.717) is 0 Å². The van der Waals surface area contributed by atoms with E-state index in [1.54, 1.807) is 0 Å². The average molecular weight is 278 g/mol. The molecule has 1 aromatic rings. The van der Waals surface area contributed by atoms with Crippen LogP contribution in [0.3, 0.4) is 0 Å². The van der Waals surface area contributed by atoms with E-state index in [2.05, 4.69) is 32.1 Å². The summed E-state index contributed by atoms with van der Waals surface area (Å²) < 4.78 is 8.87. The van der Waals surface area contributed by atoms with Crippen molar-refractivity contribution < 1.29 is 4.74 Å². The van der Waals surface area contributed by atoms with Crippen LogP contribution in [-0.2, 0) is 4.74 Å². The van der Waals surface area contributed by atoms with Crippen molar-refractivity contribution in [2.45, 2.75) is 25.5 Å². The fraction of sp³-hybridized carbons (Fsp3) is 0.625. The summed E-state index contributed by atoms with van der Waals surface area (Å²) in [5.74, 6) is 0. The summed E-state index contributed by atoms with van der Waals surface area (Å²) in [4.78, 5) is 4.07. The lowest BCUT2D eigenvalue weighted by Gasteiger charge is -2.24. The van der Waals surface area contributed by atoms with Gasteiger partial charge in [0.2, 0.25) is 0 Å². The molecule has 4 heteroatoms. The molecule has 0 amide bonds. The van der Waals surface area contributed by atoms with Gasteiger partial charge in [0, 0.05) is 6.61 Å². The molecule has 1 unspecified atom stereocenters. The van der Waals surface area contributed by atoms with Gasteiger partial charge in [0.1, 0.15) is 9.93 Å². The molecule has 1 aliphatic heterocycles. The van der Waals surface area contributed by atoms with Gasteiger partial charge in [0.15, 0.2) is 0 Å². The maximum absolute atomic E-state index is 5.62. The molecule has 1 fully saturated rings. The summed E-state index contributed by atoms with van der Waals surface area (Å²) in [6.07, 6.45) is 7.51. The fourth-order valence-corrected chi connectivity index (χ4v) is 2.04. The predicted molar refractivity (Wildman–Crippen MR) is 53.8 cm³/mol. The quantitative estimate of drug-likeness (QED) is 0.736. The zero-order chi connectivity index (χ0) is 8.39. The largest absolute Gasteiger partial charge is 0.358 e. The van der Waals surface area contributed by atoms with Crippen molar-refractivity contribution in [2.75, 3.05) is 6.61 Å². The Balaban J connectivity index is 2.13. The molecule has 0 radical (unpaired) electrons. The highest BCUT2D eigenvalue weighted by Gasteiger charge is 2.16. The van der Waals surface area contributed by atoms with Crippen molar-refractivity contribution >= 4 is 22.6 Å². The molecule has 66 valence electrons. The number of aromatic nitrogens is 2. The van der Waals surface area contributed by atoms with E-state index in [4.69, 9.17) is 4.74 Å². The van der Waals surface area contributed by atoms with E-state index < -0.39 is 0 Å². The van der Waals surface area contributed by atoms with Crippen LogP contribution in [0.25, 0.3) is 0 Å². The minimum atomic E-state index is 0.230. The maximum atomic E-state index is 5.62. The van der Waals surface area contributed by atoms with E-state index in [1.165, 1.54) is 12.8 Å². The van der Waals surface area contributed by atoms with Crippen LogP contribution < -0.4 is 0 Å². The molecular weight excluding hydrogens is 267 g/mol. The number of hydrogen-bond acceptors (Lipinski definition) is 2. The van der Waals surface area contributed by atoms with Crippen molar-refractivity contribution in [3.05, 3.63) is 16.2 Å². The Morgan fingerprint density at radius 3 is 3.08 bits per heavy atom. The molecule has 1 aliphatic rings. The van der Waals surface area contributed by atoms with Crippen LogP contribution in [0.2, 0.25) is 0 Å². The highest BCUT2D eigenvalue weighted by molar-refractivity contribution is 14.1. The Morgan fingerprint density at radius 2 is 2.50 bits per heavy atom. The van der Waals surface area contributed by atoms with Crippen molar-refractivity contribution in [1.29, 1.82) is 0 Å². The first kappa shape index (κ1) is 8.50. The van der Waals surface area contributed by atoms with Gasteiger partial charge in [-0.2, -0.15) is 0 Å². The number of hydrogen-bond donors (Lipinski definition) is 0. The molecule has 1 saturated heterocycles. The Labute approximate surface area is 85.3 Å². The summed E-state index contributed by atoms with van der Waals surface area (Å²) in [6, 6.07) is 0. The second kappa shape index (κ2) is 3.74. The summed E-state index contributed by atoms with van der Waals surface area (Å²) in [5.41, 5.74) is 0. The van der Waals surface area contributed by atoms with Crippen LogP contribution in [0.1, 0.15) is 25.5 Å². The van der Waals surface area contributed by atoms with E-state index in [-0.39, 0.29) is 6.23 Å². The molecule has 0 saturated carbocycles. The molecule has 1 aromatic heterocycles. The first-order chi connectivity index (χ1) is 5.88. The van der Waals surface area contributed by atoms with Crippen LogP contribution in [0, 0.1) is 3.70 Å². The second-order valence-corrected chi connectivity index (χ2v) is 4.05. The number of ether oxygens (including phenoxy) is 1. The van der Waals surface area contributed by atoms with Gasteiger partial charge in [0.25, 0.3) is 0 Å². The zero-order valence-corrected chi connectivity index (χ0v) is 8.90. The molecular formula is C8H11IN2O. The lowest BCUT2D eigenvalue weighted by Crippen LogP contribution is -2.18. The van der Waals surface area contributed by atoms with E-state index in [9.17, 15) is 0 Å². The second-order valence-electron chi connectivity index (χ2n) is 2.94.